The first-order valence-corrected chi connectivity index (χ1v) is 7.99. The van der Waals surface area contributed by atoms with Crippen molar-refractivity contribution in [3.63, 3.8) is 0 Å². The summed E-state index contributed by atoms with van der Waals surface area (Å²) in [5.41, 5.74) is 6.56. The molecule has 0 bridgehead atoms. The van der Waals surface area contributed by atoms with E-state index in [0.29, 0.717) is 19.4 Å². The number of carboxylic acid groups (broad SMARTS) is 1. The van der Waals surface area contributed by atoms with Crippen LogP contribution in [0.2, 0.25) is 0 Å². The molecule has 1 saturated heterocycles. The third-order valence-electron chi connectivity index (χ3n) is 4.20. The molecule has 2 heterocycles. The van der Waals surface area contributed by atoms with E-state index < -0.39 is 12.0 Å². The quantitative estimate of drug-likeness (QED) is 0.605. The van der Waals surface area contributed by atoms with Gasteiger partial charge in [0.25, 0.3) is 0 Å². The molecule has 0 aromatic carbocycles. The Hall–Kier alpha value is -1.57. The number of aromatic nitrogens is 1. The van der Waals surface area contributed by atoms with Gasteiger partial charge < -0.3 is 21.1 Å². The van der Waals surface area contributed by atoms with Crippen LogP contribution in [0.4, 0.5) is 5.69 Å². The van der Waals surface area contributed by atoms with Crippen molar-refractivity contribution in [3.8, 4) is 0 Å². The third kappa shape index (κ3) is 7.46. The summed E-state index contributed by atoms with van der Waals surface area (Å²) in [5.74, 6) is -0.913. The van der Waals surface area contributed by atoms with Gasteiger partial charge in [-0.2, -0.15) is 0 Å². The standard InChI is InChI=1S/C16H24N4O3.2ClH/c17-14(16(22)23)2-1-7-19-15(21)12-5-10-20(11-6-12)13-3-8-18-9-4-13;;/h3-4,8-9,12,14H,1-2,5-7,10-11,17H2,(H,19,21)(H,22,23);2*1H. The highest BCUT2D eigenvalue weighted by molar-refractivity contribution is 5.85. The SMILES string of the molecule is Cl.Cl.NC(CCCNC(=O)C1CCN(c2ccncc2)CC1)C(=O)O. The number of hydrogen-bond donors (Lipinski definition) is 3. The molecule has 1 unspecified atom stereocenters. The van der Waals surface area contributed by atoms with Gasteiger partial charge in [0.15, 0.2) is 0 Å². The van der Waals surface area contributed by atoms with E-state index in [9.17, 15) is 9.59 Å². The number of nitrogens with one attached hydrogen (secondary N) is 1. The first-order valence-electron chi connectivity index (χ1n) is 7.99. The van der Waals surface area contributed by atoms with Crippen LogP contribution < -0.4 is 16.0 Å². The van der Waals surface area contributed by atoms with E-state index in [4.69, 9.17) is 10.8 Å². The summed E-state index contributed by atoms with van der Waals surface area (Å²) in [7, 11) is 0. The molecule has 2 rings (SSSR count). The lowest BCUT2D eigenvalue weighted by molar-refractivity contribution is -0.138. The summed E-state index contributed by atoms with van der Waals surface area (Å²) in [6.45, 7) is 2.18. The van der Waals surface area contributed by atoms with E-state index in [1.165, 1.54) is 0 Å². The van der Waals surface area contributed by atoms with Gasteiger partial charge in [0, 0.05) is 43.6 Å². The van der Waals surface area contributed by atoms with Crippen molar-refractivity contribution in [1.29, 1.82) is 0 Å². The van der Waals surface area contributed by atoms with Crippen LogP contribution in [0.3, 0.4) is 0 Å². The van der Waals surface area contributed by atoms with Crippen molar-refractivity contribution in [2.45, 2.75) is 31.7 Å². The van der Waals surface area contributed by atoms with E-state index in [1.807, 2.05) is 12.1 Å². The third-order valence-corrected chi connectivity index (χ3v) is 4.20. The fraction of sp³-hybridized carbons (Fsp3) is 0.562. The van der Waals surface area contributed by atoms with Gasteiger partial charge in [-0.1, -0.05) is 0 Å². The van der Waals surface area contributed by atoms with Gasteiger partial charge in [-0.25, -0.2) is 0 Å². The molecule has 1 aliphatic heterocycles. The molecule has 1 atom stereocenters. The van der Waals surface area contributed by atoms with Crippen LogP contribution in [-0.2, 0) is 9.59 Å². The first-order chi connectivity index (χ1) is 11.1. The molecule has 1 aromatic rings. The highest BCUT2D eigenvalue weighted by Crippen LogP contribution is 2.22. The minimum atomic E-state index is -1.00. The molecular formula is C16H26Cl2N4O3. The van der Waals surface area contributed by atoms with Gasteiger partial charge in [0.1, 0.15) is 6.04 Å². The molecule has 9 heteroatoms. The number of halogens is 2. The average molecular weight is 393 g/mol. The van der Waals surface area contributed by atoms with Crippen LogP contribution >= 0.6 is 24.8 Å². The summed E-state index contributed by atoms with van der Waals surface area (Å²) in [6, 6.07) is 3.11. The van der Waals surface area contributed by atoms with Crippen LogP contribution in [0.5, 0.6) is 0 Å². The average Bonchev–Trinajstić information content (AvgIpc) is 2.59. The number of rotatable bonds is 7. The van der Waals surface area contributed by atoms with Crippen LogP contribution in [0.1, 0.15) is 25.7 Å². The van der Waals surface area contributed by atoms with Crippen molar-refractivity contribution in [3.05, 3.63) is 24.5 Å². The maximum Gasteiger partial charge on any atom is 0.320 e. The number of anilines is 1. The summed E-state index contributed by atoms with van der Waals surface area (Å²) >= 11 is 0. The fourth-order valence-corrected chi connectivity index (χ4v) is 2.76. The number of carbonyl (C=O) groups is 2. The Balaban J connectivity index is 0.00000288. The number of piperidine rings is 1. The Kier molecular flexibility index (Phi) is 11.1. The Morgan fingerprint density at radius 2 is 1.88 bits per heavy atom. The van der Waals surface area contributed by atoms with Crippen LogP contribution in [0, 0.1) is 5.92 Å². The van der Waals surface area contributed by atoms with Crippen molar-refractivity contribution >= 4 is 42.4 Å². The minimum Gasteiger partial charge on any atom is -0.480 e. The smallest absolute Gasteiger partial charge is 0.320 e. The lowest BCUT2D eigenvalue weighted by Crippen LogP contribution is -2.41. The topological polar surface area (TPSA) is 109 Å². The highest BCUT2D eigenvalue weighted by Gasteiger charge is 2.24. The van der Waals surface area contributed by atoms with Gasteiger partial charge in [-0.05, 0) is 37.8 Å². The molecule has 7 nitrogen and oxygen atoms in total. The Morgan fingerprint density at radius 3 is 2.44 bits per heavy atom. The first kappa shape index (κ1) is 23.4. The number of nitrogens with two attached hydrogens (primary N) is 1. The molecule has 0 aliphatic carbocycles. The molecule has 0 radical (unpaired) electrons. The molecule has 0 spiro atoms. The molecule has 1 aliphatic rings. The number of aliphatic carboxylic acids is 1. The molecule has 4 N–H and O–H groups in total. The predicted octanol–water partition coefficient (Wildman–Crippen LogP) is 1.45. The van der Waals surface area contributed by atoms with Gasteiger partial charge >= 0.3 is 5.97 Å². The minimum absolute atomic E-state index is 0. The van der Waals surface area contributed by atoms with Crippen molar-refractivity contribution in [2.24, 2.45) is 11.7 Å². The number of nitrogens with zero attached hydrogens (tertiary/aromatic N) is 2. The zero-order chi connectivity index (χ0) is 16.7. The van der Waals surface area contributed by atoms with Gasteiger partial charge in [-0.15, -0.1) is 24.8 Å². The van der Waals surface area contributed by atoms with Gasteiger partial charge in [0.05, 0.1) is 0 Å². The van der Waals surface area contributed by atoms with E-state index >= 15 is 0 Å². The molecule has 1 aromatic heterocycles. The van der Waals surface area contributed by atoms with Crippen LogP contribution in [0.15, 0.2) is 24.5 Å². The van der Waals surface area contributed by atoms with E-state index in [2.05, 4.69) is 15.2 Å². The summed E-state index contributed by atoms with van der Waals surface area (Å²) in [4.78, 5) is 29.0. The molecule has 142 valence electrons. The Bertz CT molecular complexity index is 525. The summed E-state index contributed by atoms with van der Waals surface area (Å²) in [6.07, 6.45) is 6.14. The maximum absolute atomic E-state index is 12.1. The zero-order valence-corrected chi connectivity index (χ0v) is 15.6. The number of carbonyl (C=O) groups excluding carboxylic acids is 1. The molecule has 1 amide bonds. The maximum atomic E-state index is 12.1. The van der Waals surface area contributed by atoms with E-state index in [0.717, 1.165) is 31.6 Å². The normalized spacial score (nSPS) is 15.5. The largest absolute Gasteiger partial charge is 0.480 e. The number of pyridine rings is 1. The second kappa shape index (κ2) is 11.9. The van der Waals surface area contributed by atoms with Crippen molar-refractivity contribution in [2.75, 3.05) is 24.5 Å². The molecule has 25 heavy (non-hydrogen) atoms. The Morgan fingerprint density at radius 1 is 1.28 bits per heavy atom. The van der Waals surface area contributed by atoms with Gasteiger partial charge in [0.2, 0.25) is 5.91 Å². The second-order valence-corrected chi connectivity index (χ2v) is 5.84. The van der Waals surface area contributed by atoms with E-state index in [1.54, 1.807) is 12.4 Å². The number of carboxylic acids is 1. The summed E-state index contributed by atoms with van der Waals surface area (Å²) in [5, 5.41) is 11.6. The molecular weight excluding hydrogens is 367 g/mol. The number of amides is 1. The van der Waals surface area contributed by atoms with Crippen LogP contribution in [-0.4, -0.2) is 47.6 Å². The predicted molar refractivity (Wildman–Crippen MR) is 102 cm³/mol. The van der Waals surface area contributed by atoms with Crippen molar-refractivity contribution < 1.29 is 14.7 Å². The highest BCUT2D eigenvalue weighted by atomic mass is 35.5. The second-order valence-electron chi connectivity index (χ2n) is 5.84. The zero-order valence-electron chi connectivity index (χ0n) is 14.0. The summed E-state index contributed by atoms with van der Waals surface area (Å²) < 4.78 is 0. The molecule has 1 fully saturated rings. The van der Waals surface area contributed by atoms with Crippen LogP contribution in [0.25, 0.3) is 0 Å². The lowest BCUT2D eigenvalue weighted by atomic mass is 9.95. The Labute approximate surface area is 160 Å². The van der Waals surface area contributed by atoms with Gasteiger partial charge in [-0.3, -0.25) is 14.6 Å². The van der Waals surface area contributed by atoms with E-state index in [-0.39, 0.29) is 36.6 Å². The molecule has 0 saturated carbocycles. The fourth-order valence-electron chi connectivity index (χ4n) is 2.76. The lowest BCUT2D eigenvalue weighted by Gasteiger charge is -2.32. The number of hydrogen-bond acceptors (Lipinski definition) is 5. The monoisotopic (exact) mass is 392 g/mol. The van der Waals surface area contributed by atoms with Crippen molar-refractivity contribution in [1.82, 2.24) is 10.3 Å².